The largest absolute Gasteiger partial charge is 0.454 e. The molecule has 5 heteroatoms. The highest BCUT2D eigenvalue weighted by molar-refractivity contribution is 6.24. The Kier molecular flexibility index (Phi) is 5.47. The molecule has 0 fully saturated rings. The monoisotopic (exact) mass is 580 g/mol. The maximum absolute atomic E-state index is 6.97. The summed E-state index contributed by atoms with van der Waals surface area (Å²) >= 11 is 0. The molecule has 0 saturated heterocycles. The van der Waals surface area contributed by atoms with Crippen LogP contribution in [0.5, 0.6) is 11.5 Å². The van der Waals surface area contributed by atoms with Crippen molar-refractivity contribution in [3.8, 4) is 40.1 Å². The lowest BCUT2D eigenvalue weighted by atomic mass is 9.73. The third kappa shape index (κ3) is 3.77. The van der Waals surface area contributed by atoms with Gasteiger partial charge in [-0.15, -0.1) is 0 Å². The lowest BCUT2D eigenvalue weighted by Crippen LogP contribution is -2.25. The molecule has 1 aliphatic heterocycles. The molecule has 5 aromatic carbocycles. The standard InChI is InChI=1S/C40H28N4O/c1-40(2)29-19-9-11-22-34(29)45-38-36(40)27-17-7-6-16-26(27)35-28-18-8-10-21-33(28)44(37(35)38)39-42-31(25-14-4-3-5-15-25)24-32(43-39)30-20-12-13-23-41-30/h3-24H,1-2H3. The molecule has 0 amide bonds. The van der Waals surface area contributed by atoms with Crippen LogP contribution in [0.4, 0.5) is 0 Å². The fraction of sp³-hybridized carbons (Fsp3) is 0.0750. The van der Waals surface area contributed by atoms with E-state index in [9.17, 15) is 0 Å². The summed E-state index contributed by atoms with van der Waals surface area (Å²) < 4.78 is 9.16. The highest BCUT2D eigenvalue weighted by Crippen LogP contribution is 2.55. The molecule has 4 heterocycles. The minimum absolute atomic E-state index is 0.314. The molecule has 0 bridgehead atoms. The third-order valence-corrected chi connectivity index (χ3v) is 9.09. The predicted octanol–water partition coefficient (Wildman–Crippen LogP) is 9.89. The van der Waals surface area contributed by atoms with Gasteiger partial charge in [0, 0.05) is 39.1 Å². The summed E-state index contributed by atoms with van der Waals surface area (Å²) in [5.74, 6) is 2.29. The number of hydrogen-bond acceptors (Lipinski definition) is 4. The van der Waals surface area contributed by atoms with Crippen molar-refractivity contribution in [1.82, 2.24) is 19.5 Å². The first-order valence-electron chi connectivity index (χ1n) is 15.2. The zero-order chi connectivity index (χ0) is 30.1. The van der Waals surface area contributed by atoms with Crippen molar-refractivity contribution in [2.24, 2.45) is 0 Å². The molecule has 0 unspecified atom stereocenters. The molecule has 8 aromatic rings. The van der Waals surface area contributed by atoms with E-state index < -0.39 is 0 Å². The summed E-state index contributed by atoms with van der Waals surface area (Å²) in [7, 11) is 0. The molecule has 0 spiro atoms. The zero-order valence-corrected chi connectivity index (χ0v) is 24.9. The number of aromatic nitrogens is 4. The van der Waals surface area contributed by atoms with E-state index in [0.717, 1.165) is 61.5 Å². The summed E-state index contributed by atoms with van der Waals surface area (Å²) in [6, 6.07) is 43.8. The molecule has 9 rings (SSSR count). The number of hydrogen-bond donors (Lipinski definition) is 0. The van der Waals surface area contributed by atoms with E-state index >= 15 is 0 Å². The average molecular weight is 581 g/mol. The highest BCUT2D eigenvalue weighted by atomic mass is 16.5. The number of nitrogens with zero attached hydrogens (tertiary/aromatic N) is 4. The molecule has 0 radical (unpaired) electrons. The first-order valence-corrected chi connectivity index (χ1v) is 15.2. The number of rotatable bonds is 3. The van der Waals surface area contributed by atoms with E-state index in [1.165, 1.54) is 16.3 Å². The van der Waals surface area contributed by atoms with Gasteiger partial charge >= 0.3 is 0 Å². The van der Waals surface area contributed by atoms with Crippen LogP contribution in [-0.4, -0.2) is 19.5 Å². The Hall–Kier alpha value is -5.81. The average Bonchev–Trinajstić information content (AvgIpc) is 3.45. The molecule has 0 aliphatic carbocycles. The minimum atomic E-state index is -0.314. The van der Waals surface area contributed by atoms with Crippen molar-refractivity contribution in [3.63, 3.8) is 0 Å². The normalized spacial score (nSPS) is 13.5. The van der Waals surface area contributed by atoms with E-state index in [0.29, 0.717) is 5.95 Å². The molecule has 45 heavy (non-hydrogen) atoms. The van der Waals surface area contributed by atoms with Crippen LogP contribution >= 0.6 is 0 Å². The fourth-order valence-corrected chi connectivity index (χ4v) is 7.07. The number of ether oxygens (including phenoxy) is 1. The van der Waals surface area contributed by atoms with Crippen molar-refractivity contribution in [1.29, 1.82) is 0 Å². The summed E-state index contributed by atoms with van der Waals surface area (Å²) in [4.78, 5) is 15.1. The number of pyridine rings is 1. The Bertz CT molecular complexity index is 2370. The lowest BCUT2D eigenvalue weighted by Gasteiger charge is -2.36. The molecule has 0 atom stereocenters. The lowest BCUT2D eigenvalue weighted by molar-refractivity contribution is 0.424. The predicted molar refractivity (Wildman–Crippen MR) is 181 cm³/mol. The van der Waals surface area contributed by atoms with Gasteiger partial charge in [-0.25, -0.2) is 9.97 Å². The maximum Gasteiger partial charge on any atom is 0.235 e. The molecular weight excluding hydrogens is 552 g/mol. The molecule has 5 nitrogen and oxygen atoms in total. The second kappa shape index (κ2) is 9.60. The van der Waals surface area contributed by atoms with E-state index in [1.54, 1.807) is 6.20 Å². The summed E-state index contributed by atoms with van der Waals surface area (Å²) in [6.07, 6.45) is 1.80. The van der Waals surface area contributed by atoms with Gasteiger partial charge in [0.25, 0.3) is 0 Å². The van der Waals surface area contributed by atoms with Crippen LogP contribution < -0.4 is 4.74 Å². The molecule has 1 aliphatic rings. The Balaban J connectivity index is 1.47. The summed E-state index contributed by atoms with van der Waals surface area (Å²) in [5.41, 5.74) is 7.39. The van der Waals surface area contributed by atoms with Gasteiger partial charge in [0.1, 0.15) is 11.3 Å². The zero-order valence-electron chi connectivity index (χ0n) is 24.9. The molecule has 3 aromatic heterocycles. The van der Waals surface area contributed by atoms with Gasteiger partial charge in [-0.2, -0.15) is 0 Å². The van der Waals surface area contributed by atoms with Crippen LogP contribution in [0, 0.1) is 0 Å². The number of fused-ring (bicyclic) bond motifs is 9. The fourth-order valence-electron chi connectivity index (χ4n) is 7.07. The smallest absolute Gasteiger partial charge is 0.235 e. The molecular formula is C40H28N4O. The van der Waals surface area contributed by atoms with Crippen molar-refractivity contribution >= 4 is 32.6 Å². The van der Waals surface area contributed by atoms with E-state index in [-0.39, 0.29) is 5.41 Å². The van der Waals surface area contributed by atoms with Crippen LogP contribution in [0.25, 0.3) is 61.2 Å². The summed E-state index contributed by atoms with van der Waals surface area (Å²) in [6.45, 7) is 4.59. The first-order chi connectivity index (χ1) is 22.1. The topological polar surface area (TPSA) is 52.8 Å². The number of benzene rings is 5. The van der Waals surface area contributed by atoms with Crippen LogP contribution in [0.15, 0.2) is 134 Å². The third-order valence-electron chi connectivity index (χ3n) is 9.09. The molecule has 0 N–H and O–H groups in total. The SMILES string of the molecule is CC1(C)c2ccccc2Oc2c1c1ccccc1c1c3ccccc3n(-c3nc(-c4ccccc4)cc(-c4ccccn4)n3)c21. The summed E-state index contributed by atoms with van der Waals surface area (Å²) in [5, 5.41) is 4.63. The Morgan fingerprint density at radius 1 is 0.622 bits per heavy atom. The van der Waals surface area contributed by atoms with E-state index in [2.05, 4.69) is 102 Å². The van der Waals surface area contributed by atoms with Crippen molar-refractivity contribution in [2.45, 2.75) is 19.3 Å². The Labute approximate surface area is 260 Å². The van der Waals surface area contributed by atoms with Gasteiger partial charge in [0.05, 0.1) is 22.6 Å². The van der Waals surface area contributed by atoms with Gasteiger partial charge in [-0.05, 0) is 41.1 Å². The first kappa shape index (κ1) is 25.7. The quantitative estimate of drug-likeness (QED) is 0.209. The number of para-hydroxylation sites is 2. The maximum atomic E-state index is 6.97. The van der Waals surface area contributed by atoms with Crippen LogP contribution in [0.2, 0.25) is 0 Å². The van der Waals surface area contributed by atoms with Crippen molar-refractivity contribution in [3.05, 3.63) is 145 Å². The van der Waals surface area contributed by atoms with Gasteiger partial charge in [0.2, 0.25) is 5.95 Å². The van der Waals surface area contributed by atoms with Crippen molar-refractivity contribution in [2.75, 3.05) is 0 Å². The van der Waals surface area contributed by atoms with Crippen LogP contribution in [-0.2, 0) is 5.41 Å². The van der Waals surface area contributed by atoms with Gasteiger partial charge in [-0.3, -0.25) is 9.55 Å². The molecule has 214 valence electrons. The van der Waals surface area contributed by atoms with Gasteiger partial charge in [-0.1, -0.05) is 111 Å². The Morgan fingerprint density at radius 2 is 1.31 bits per heavy atom. The molecule has 0 saturated carbocycles. The Morgan fingerprint density at radius 3 is 2.13 bits per heavy atom. The van der Waals surface area contributed by atoms with Gasteiger partial charge < -0.3 is 4.74 Å². The van der Waals surface area contributed by atoms with Crippen LogP contribution in [0.3, 0.4) is 0 Å². The van der Waals surface area contributed by atoms with E-state index in [1.807, 2.05) is 48.5 Å². The van der Waals surface area contributed by atoms with Crippen LogP contribution in [0.1, 0.15) is 25.0 Å². The van der Waals surface area contributed by atoms with E-state index in [4.69, 9.17) is 14.7 Å². The highest BCUT2D eigenvalue weighted by Gasteiger charge is 2.38. The second-order valence-electron chi connectivity index (χ2n) is 12.1. The second-order valence-corrected chi connectivity index (χ2v) is 12.1. The minimum Gasteiger partial charge on any atom is -0.454 e. The van der Waals surface area contributed by atoms with Gasteiger partial charge in [0.15, 0.2) is 5.75 Å². The van der Waals surface area contributed by atoms with Crippen molar-refractivity contribution < 1.29 is 4.74 Å².